The van der Waals surface area contributed by atoms with Gasteiger partial charge in [0.05, 0.1) is 22.4 Å². The van der Waals surface area contributed by atoms with E-state index in [9.17, 15) is 0 Å². The molecule has 0 unspecified atom stereocenters. The minimum atomic E-state index is 1.07. The average Bonchev–Trinajstić information content (AvgIpc) is 4.07. The van der Waals surface area contributed by atoms with Crippen LogP contribution in [0.3, 0.4) is 0 Å². The van der Waals surface area contributed by atoms with Gasteiger partial charge in [-0.3, -0.25) is 0 Å². The van der Waals surface area contributed by atoms with Crippen LogP contribution >= 0.6 is 11.3 Å². The Bertz CT molecular complexity index is 4640. The molecule has 2 nitrogen and oxygen atoms in total. The first kappa shape index (κ1) is 43.1. The van der Waals surface area contributed by atoms with Gasteiger partial charge in [-0.1, -0.05) is 218 Å². The normalized spacial score (nSPS) is 11.7. The second kappa shape index (κ2) is 17.6. The van der Waals surface area contributed by atoms with Gasteiger partial charge in [-0.05, 0) is 126 Å². The maximum atomic E-state index is 2.44. The van der Waals surface area contributed by atoms with Gasteiger partial charge in [0.25, 0.3) is 0 Å². The highest BCUT2D eigenvalue weighted by molar-refractivity contribution is 7.27. The Labute approximate surface area is 438 Å². The van der Waals surface area contributed by atoms with E-state index in [0.717, 1.165) is 39.4 Å². The summed E-state index contributed by atoms with van der Waals surface area (Å²) in [6, 6.07) is 103. The van der Waals surface area contributed by atoms with Crippen molar-refractivity contribution in [2.24, 2.45) is 0 Å². The third-order valence-corrected chi connectivity index (χ3v) is 16.7. The van der Waals surface area contributed by atoms with Crippen molar-refractivity contribution in [1.82, 2.24) is 4.57 Å². The molecule has 0 amide bonds. The summed E-state index contributed by atoms with van der Waals surface area (Å²) >= 11 is 1.91. The van der Waals surface area contributed by atoms with Crippen molar-refractivity contribution in [2.75, 3.05) is 4.90 Å². The van der Waals surface area contributed by atoms with Crippen LogP contribution in [0.2, 0.25) is 0 Å². The number of thiophene rings is 1. The highest BCUT2D eigenvalue weighted by Gasteiger charge is 2.21. The van der Waals surface area contributed by atoms with Gasteiger partial charge in [0.1, 0.15) is 0 Å². The van der Waals surface area contributed by atoms with Gasteiger partial charge in [0.15, 0.2) is 0 Å². The first-order valence-electron chi connectivity index (χ1n) is 25.7. The van der Waals surface area contributed by atoms with Gasteiger partial charge >= 0.3 is 0 Å². The molecule has 75 heavy (non-hydrogen) atoms. The molecule has 15 aromatic rings. The molecule has 0 aliphatic heterocycles. The summed E-state index contributed by atoms with van der Waals surface area (Å²) in [5.41, 5.74) is 16.2. The number of anilines is 3. The minimum absolute atomic E-state index is 1.07. The van der Waals surface area contributed by atoms with Crippen molar-refractivity contribution >= 4 is 103 Å². The number of benzene rings is 13. The van der Waals surface area contributed by atoms with E-state index in [0.29, 0.717) is 0 Å². The van der Waals surface area contributed by atoms with E-state index in [4.69, 9.17) is 0 Å². The largest absolute Gasteiger partial charge is 0.310 e. The third-order valence-electron chi connectivity index (χ3n) is 15.4. The summed E-state index contributed by atoms with van der Waals surface area (Å²) in [5.74, 6) is 0. The Morgan fingerprint density at radius 3 is 1.49 bits per heavy atom. The summed E-state index contributed by atoms with van der Waals surface area (Å²) in [5, 5.41) is 12.7. The molecule has 350 valence electrons. The lowest BCUT2D eigenvalue weighted by atomic mass is 9.94. The molecular formula is C72H46N2S. The fourth-order valence-electron chi connectivity index (χ4n) is 11.8. The van der Waals surface area contributed by atoms with Crippen LogP contribution in [-0.2, 0) is 0 Å². The molecule has 0 N–H and O–H groups in total. The standard InChI is InChI=1S/C72H46N2S/c1-2-15-47(16-3-1)66-46-53(52-36-42-58-54(45-52)30-29-48-17-4-6-19-57(48)58)37-44-70(66)73(56-40-33-51(34-41-56)61-24-14-25-64-65-43-35-49-18-5-7-21-60(49)72(65)75-71(61)64)55-38-31-50(32-39-55)59-20-8-11-26-67(59)74-68-27-12-9-22-62(68)63-23-10-13-28-69(63)74/h1-46H. The van der Waals surface area contributed by atoms with E-state index in [2.05, 4.69) is 289 Å². The lowest BCUT2D eigenvalue weighted by Crippen LogP contribution is -2.11. The van der Waals surface area contributed by atoms with Crippen molar-refractivity contribution in [3.8, 4) is 50.2 Å². The molecule has 13 aromatic carbocycles. The molecule has 0 bridgehead atoms. The van der Waals surface area contributed by atoms with Crippen LogP contribution < -0.4 is 4.90 Å². The number of rotatable bonds is 8. The minimum Gasteiger partial charge on any atom is -0.310 e. The zero-order chi connectivity index (χ0) is 49.4. The summed E-state index contributed by atoms with van der Waals surface area (Å²) in [4.78, 5) is 2.44. The third kappa shape index (κ3) is 7.16. The Morgan fingerprint density at radius 1 is 0.267 bits per heavy atom. The SMILES string of the molecule is c1ccc(-c2cc(-c3ccc4c(ccc5ccccc54)c3)ccc2N(c2ccc(-c3ccccc3-n3c4ccccc4c4ccccc43)cc2)c2ccc(-c3cccc4c3sc3c5ccccc5ccc43)cc2)cc1. The van der Waals surface area contributed by atoms with Crippen LogP contribution in [-0.4, -0.2) is 4.57 Å². The van der Waals surface area contributed by atoms with Crippen molar-refractivity contribution in [1.29, 1.82) is 0 Å². The number of nitrogens with zero attached hydrogens (tertiary/aromatic N) is 2. The van der Waals surface area contributed by atoms with E-state index in [1.165, 1.54) is 102 Å². The van der Waals surface area contributed by atoms with Crippen LogP contribution in [0.25, 0.3) is 124 Å². The average molecular weight is 971 g/mol. The van der Waals surface area contributed by atoms with Crippen molar-refractivity contribution in [3.63, 3.8) is 0 Å². The highest BCUT2D eigenvalue weighted by atomic mass is 32.1. The van der Waals surface area contributed by atoms with Gasteiger partial charge in [-0.15, -0.1) is 11.3 Å². The zero-order valence-electron chi connectivity index (χ0n) is 40.9. The Balaban J connectivity index is 0.886. The molecule has 0 aliphatic rings. The predicted octanol–water partition coefficient (Wildman–Crippen LogP) is 20.7. The Hall–Kier alpha value is -9.54. The second-order valence-corrected chi connectivity index (χ2v) is 20.6. The van der Waals surface area contributed by atoms with Crippen molar-refractivity contribution < 1.29 is 0 Å². The van der Waals surface area contributed by atoms with Crippen LogP contribution in [0.1, 0.15) is 0 Å². The summed E-state index contributed by atoms with van der Waals surface area (Å²) in [6.45, 7) is 0. The summed E-state index contributed by atoms with van der Waals surface area (Å²) in [6.07, 6.45) is 0. The van der Waals surface area contributed by atoms with E-state index >= 15 is 0 Å². The van der Waals surface area contributed by atoms with Crippen LogP contribution in [0.5, 0.6) is 0 Å². The van der Waals surface area contributed by atoms with Gasteiger partial charge < -0.3 is 9.47 Å². The molecule has 0 aliphatic carbocycles. The van der Waals surface area contributed by atoms with Gasteiger partial charge in [-0.2, -0.15) is 0 Å². The van der Waals surface area contributed by atoms with Crippen LogP contribution in [0, 0.1) is 0 Å². The number of hydrogen-bond acceptors (Lipinski definition) is 2. The fourth-order valence-corrected chi connectivity index (χ4v) is 13.2. The molecule has 3 heteroatoms. The lowest BCUT2D eigenvalue weighted by molar-refractivity contribution is 1.18. The molecular weight excluding hydrogens is 925 g/mol. The smallest absolute Gasteiger partial charge is 0.0541 e. The van der Waals surface area contributed by atoms with E-state index in [1.54, 1.807) is 0 Å². The van der Waals surface area contributed by atoms with Crippen LogP contribution in [0.15, 0.2) is 279 Å². The Morgan fingerprint density at radius 2 is 0.747 bits per heavy atom. The fraction of sp³-hybridized carbons (Fsp3) is 0. The molecule has 0 saturated heterocycles. The number of aromatic nitrogens is 1. The molecule has 0 fully saturated rings. The maximum absolute atomic E-state index is 2.44. The quantitative estimate of drug-likeness (QED) is 0.138. The summed E-state index contributed by atoms with van der Waals surface area (Å²) in [7, 11) is 0. The maximum Gasteiger partial charge on any atom is 0.0541 e. The number of hydrogen-bond donors (Lipinski definition) is 0. The molecule has 2 aromatic heterocycles. The topological polar surface area (TPSA) is 8.17 Å². The molecule has 2 heterocycles. The summed E-state index contributed by atoms with van der Waals surface area (Å²) < 4.78 is 5.08. The van der Waals surface area contributed by atoms with E-state index in [-0.39, 0.29) is 0 Å². The Kier molecular flexibility index (Phi) is 10.1. The van der Waals surface area contributed by atoms with Crippen molar-refractivity contribution in [2.45, 2.75) is 0 Å². The molecule has 0 radical (unpaired) electrons. The molecule has 15 rings (SSSR count). The van der Waals surface area contributed by atoms with E-state index < -0.39 is 0 Å². The van der Waals surface area contributed by atoms with Gasteiger partial charge in [-0.25, -0.2) is 0 Å². The zero-order valence-corrected chi connectivity index (χ0v) is 41.7. The number of para-hydroxylation sites is 3. The molecule has 0 saturated carbocycles. The number of fused-ring (bicyclic) bond motifs is 11. The van der Waals surface area contributed by atoms with Gasteiger partial charge in [0.2, 0.25) is 0 Å². The van der Waals surface area contributed by atoms with E-state index in [1.807, 2.05) is 11.3 Å². The first-order chi connectivity index (χ1) is 37.2. The first-order valence-corrected chi connectivity index (χ1v) is 26.5. The van der Waals surface area contributed by atoms with Crippen molar-refractivity contribution in [3.05, 3.63) is 279 Å². The highest BCUT2D eigenvalue weighted by Crippen LogP contribution is 2.47. The lowest BCUT2D eigenvalue weighted by Gasteiger charge is -2.29. The monoisotopic (exact) mass is 970 g/mol. The molecule has 0 spiro atoms. The van der Waals surface area contributed by atoms with Crippen LogP contribution in [0.4, 0.5) is 17.1 Å². The van der Waals surface area contributed by atoms with Gasteiger partial charge in [0, 0.05) is 53.4 Å². The molecule has 0 atom stereocenters. The predicted molar refractivity (Wildman–Crippen MR) is 323 cm³/mol. The second-order valence-electron chi connectivity index (χ2n) is 19.6.